The van der Waals surface area contributed by atoms with E-state index in [4.69, 9.17) is 5.10 Å². The number of para-hydroxylation sites is 1. The lowest BCUT2D eigenvalue weighted by atomic mass is 10.0. The van der Waals surface area contributed by atoms with E-state index in [1.165, 1.54) is 0 Å². The second-order valence-electron chi connectivity index (χ2n) is 8.83. The Bertz CT molecular complexity index is 1240. The summed E-state index contributed by atoms with van der Waals surface area (Å²) in [6, 6.07) is 24.2. The van der Waals surface area contributed by atoms with Crippen LogP contribution in [0.4, 0.5) is 0 Å². The minimum absolute atomic E-state index is 0.0661. The van der Waals surface area contributed by atoms with Crippen LogP contribution in [0, 0.1) is 6.92 Å². The van der Waals surface area contributed by atoms with Crippen molar-refractivity contribution in [2.75, 3.05) is 13.1 Å². The van der Waals surface area contributed by atoms with Gasteiger partial charge in [-0.15, -0.1) is 0 Å². The second kappa shape index (κ2) is 10.0. The van der Waals surface area contributed by atoms with Crippen molar-refractivity contribution in [3.8, 4) is 16.9 Å². The predicted molar refractivity (Wildman–Crippen MR) is 134 cm³/mol. The van der Waals surface area contributed by atoms with Crippen LogP contribution in [0.2, 0.25) is 0 Å². The number of benzene rings is 2. The zero-order valence-electron chi connectivity index (χ0n) is 19.4. The molecule has 172 valence electrons. The minimum Gasteiger partial charge on any atom is -0.349 e. The van der Waals surface area contributed by atoms with E-state index < -0.39 is 0 Å². The number of carbonyl (C=O) groups excluding carboxylic acids is 1. The van der Waals surface area contributed by atoms with E-state index in [-0.39, 0.29) is 11.9 Å². The lowest BCUT2D eigenvalue weighted by molar-refractivity contribution is 0.0909. The number of piperidine rings is 1. The largest absolute Gasteiger partial charge is 0.349 e. The second-order valence-corrected chi connectivity index (χ2v) is 8.83. The molecule has 3 heterocycles. The molecule has 6 nitrogen and oxygen atoms in total. The van der Waals surface area contributed by atoms with E-state index >= 15 is 0 Å². The molecular formula is C28H29N5O. The smallest absolute Gasteiger partial charge is 0.255 e. The predicted octanol–water partition coefficient (Wildman–Crippen LogP) is 4.64. The van der Waals surface area contributed by atoms with Crippen molar-refractivity contribution in [2.45, 2.75) is 32.4 Å². The molecule has 0 spiro atoms. The third-order valence-electron chi connectivity index (χ3n) is 6.41. The van der Waals surface area contributed by atoms with Crippen molar-refractivity contribution in [1.29, 1.82) is 0 Å². The lowest BCUT2D eigenvalue weighted by Gasteiger charge is -2.32. The third kappa shape index (κ3) is 4.92. The average Bonchev–Trinajstić information content (AvgIpc) is 3.32. The first-order valence-corrected chi connectivity index (χ1v) is 11.8. The van der Waals surface area contributed by atoms with Crippen molar-refractivity contribution in [3.05, 3.63) is 102 Å². The molecule has 6 heteroatoms. The SMILES string of the molecule is Cc1ccccc1-c1nn(-c2ccccc2)cc1C(=O)NC1CCN(Cc2ccccn2)CC1. The number of nitrogens with zero attached hydrogens (tertiary/aromatic N) is 4. The molecule has 5 rings (SSSR count). The Labute approximate surface area is 200 Å². The number of nitrogens with one attached hydrogen (secondary N) is 1. The summed E-state index contributed by atoms with van der Waals surface area (Å²) in [5, 5.41) is 8.10. The van der Waals surface area contributed by atoms with Gasteiger partial charge in [0.1, 0.15) is 5.69 Å². The first kappa shape index (κ1) is 22.0. The van der Waals surface area contributed by atoms with Gasteiger partial charge in [0.15, 0.2) is 0 Å². The highest BCUT2D eigenvalue weighted by molar-refractivity contribution is 6.00. The van der Waals surface area contributed by atoms with E-state index in [9.17, 15) is 4.79 Å². The molecule has 1 fully saturated rings. The highest BCUT2D eigenvalue weighted by Gasteiger charge is 2.25. The van der Waals surface area contributed by atoms with Crippen LogP contribution in [-0.2, 0) is 6.54 Å². The van der Waals surface area contributed by atoms with Gasteiger partial charge in [0.2, 0.25) is 0 Å². The Balaban J connectivity index is 1.32. The fourth-order valence-corrected chi connectivity index (χ4v) is 4.51. The minimum atomic E-state index is -0.0661. The Morgan fingerprint density at radius 1 is 0.971 bits per heavy atom. The van der Waals surface area contributed by atoms with E-state index in [0.717, 1.165) is 55.0 Å². The summed E-state index contributed by atoms with van der Waals surface area (Å²) >= 11 is 0. The number of hydrogen-bond donors (Lipinski definition) is 1. The number of likely N-dealkylation sites (tertiary alicyclic amines) is 1. The summed E-state index contributed by atoms with van der Waals surface area (Å²) in [4.78, 5) is 20.3. The maximum absolute atomic E-state index is 13.4. The van der Waals surface area contributed by atoms with Crippen LogP contribution in [0.15, 0.2) is 85.2 Å². The van der Waals surface area contributed by atoms with Gasteiger partial charge in [-0.05, 0) is 49.6 Å². The fourth-order valence-electron chi connectivity index (χ4n) is 4.51. The molecule has 0 aliphatic carbocycles. The van der Waals surface area contributed by atoms with E-state index in [1.807, 2.05) is 73.1 Å². The maximum Gasteiger partial charge on any atom is 0.255 e. The van der Waals surface area contributed by atoms with Crippen molar-refractivity contribution >= 4 is 5.91 Å². The lowest BCUT2D eigenvalue weighted by Crippen LogP contribution is -2.44. The molecule has 1 saturated heterocycles. The number of aromatic nitrogens is 3. The third-order valence-corrected chi connectivity index (χ3v) is 6.41. The molecule has 1 aliphatic rings. The Kier molecular flexibility index (Phi) is 6.49. The van der Waals surface area contributed by atoms with Crippen LogP contribution in [0.25, 0.3) is 16.9 Å². The number of carbonyl (C=O) groups is 1. The molecule has 0 unspecified atom stereocenters. The average molecular weight is 452 g/mol. The van der Waals surface area contributed by atoms with Gasteiger partial charge in [-0.2, -0.15) is 5.10 Å². The van der Waals surface area contributed by atoms with Gasteiger partial charge in [-0.3, -0.25) is 14.7 Å². The molecule has 34 heavy (non-hydrogen) atoms. The number of amides is 1. The first-order chi connectivity index (χ1) is 16.7. The molecule has 0 radical (unpaired) electrons. The zero-order valence-corrected chi connectivity index (χ0v) is 19.4. The molecule has 1 N–H and O–H groups in total. The van der Waals surface area contributed by atoms with Crippen LogP contribution >= 0.6 is 0 Å². The summed E-state index contributed by atoms with van der Waals surface area (Å²) in [7, 11) is 0. The van der Waals surface area contributed by atoms with Gasteiger partial charge >= 0.3 is 0 Å². The van der Waals surface area contributed by atoms with Gasteiger partial charge in [0.25, 0.3) is 5.91 Å². The van der Waals surface area contributed by atoms with E-state index in [0.29, 0.717) is 11.3 Å². The van der Waals surface area contributed by atoms with Crippen LogP contribution < -0.4 is 5.32 Å². The van der Waals surface area contributed by atoms with Crippen LogP contribution in [0.5, 0.6) is 0 Å². The van der Waals surface area contributed by atoms with Crippen molar-refractivity contribution in [3.63, 3.8) is 0 Å². The molecule has 1 amide bonds. The van der Waals surface area contributed by atoms with Crippen molar-refractivity contribution in [2.24, 2.45) is 0 Å². The molecular weight excluding hydrogens is 422 g/mol. The first-order valence-electron chi connectivity index (χ1n) is 11.8. The summed E-state index contributed by atoms with van der Waals surface area (Å²) in [5.41, 5.74) is 5.41. The van der Waals surface area contributed by atoms with Crippen LogP contribution in [0.1, 0.15) is 34.5 Å². The number of hydrogen-bond acceptors (Lipinski definition) is 4. The number of aryl methyl sites for hydroxylation is 1. The quantitative estimate of drug-likeness (QED) is 0.464. The zero-order chi connectivity index (χ0) is 23.3. The monoisotopic (exact) mass is 451 g/mol. The highest BCUT2D eigenvalue weighted by atomic mass is 16.1. The summed E-state index contributed by atoms with van der Waals surface area (Å²) < 4.78 is 1.80. The molecule has 2 aromatic carbocycles. The van der Waals surface area contributed by atoms with E-state index in [2.05, 4.69) is 34.3 Å². The normalized spacial score (nSPS) is 14.7. The summed E-state index contributed by atoms with van der Waals surface area (Å²) in [6.07, 6.45) is 5.53. The standard InChI is InChI=1S/C28H29N5O/c1-21-9-5-6-13-25(21)27-26(20-33(31-27)24-11-3-2-4-12-24)28(34)30-22-14-17-32(18-15-22)19-23-10-7-8-16-29-23/h2-13,16,20,22H,14-15,17-19H2,1H3,(H,30,34). The molecule has 1 aliphatic heterocycles. The maximum atomic E-state index is 13.4. The summed E-state index contributed by atoms with van der Waals surface area (Å²) in [6.45, 7) is 4.78. The van der Waals surface area contributed by atoms with Gasteiger partial charge < -0.3 is 5.32 Å². The van der Waals surface area contributed by atoms with Gasteiger partial charge in [-0.25, -0.2) is 4.68 Å². The fraction of sp³-hybridized carbons (Fsp3) is 0.250. The van der Waals surface area contributed by atoms with Crippen molar-refractivity contribution in [1.82, 2.24) is 25.0 Å². The molecule has 0 saturated carbocycles. The molecule has 4 aromatic rings. The number of rotatable bonds is 6. The van der Waals surface area contributed by atoms with Crippen molar-refractivity contribution < 1.29 is 4.79 Å². The Hall–Kier alpha value is -3.77. The molecule has 2 aromatic heterocycles. The van der Waals surface area contributed by atoms with Crippen LogP contribution in [-0.4, -0.2) is 44.7 Å². The van der Waals surface area contributed by atoms with E-state index in [1.54, 1.807) is 4.68 Å². The van der Waals surface area contributed by atoms with Gasteiger partial charge in [0.05, 0.1) is 16.9 Å². The van der Waals surface area contributed by atoms with Gasteiger partial charge in [0, 0.05) is 43.6 Å². The summed E-state index contributed by atoms with van der Waals surface area (Å²) in [5.74, 6) is -0.0661. The molecule has 0 atom stereocenters. The Morgan fingerprint density at radius 3 is 2.44 bits per heavy atom. The number of pyridine rings is 1. The molecule has 0 bridgehead atoms. The topological polar surface area (TPSA) is 63.1 Å². The highest BCUT2D eigenvalue weighted by Crippen LogP contribution is 2.27. The Morgan fingerprint density at radius 2 is 1.71 bits per heavy atom. The van der Waals surface area contributed by atoms with Gasteiger partial charge in [-0.1, -0.05) is 48.5 Å². The van der Waals surface area contributed by atoms with Crippen LogP contribution in [0.3, 0.4) is 0 Å².